The molecule has 0 unspecified atom stereocenters. The lowest BCUT2D eigenvalue weighted by Gasteiger charge is -2.21. The smallest absolute Gasteiger partial charge is 0.101 e. The highest BCUT2D eigenvalue weighted by atomic mass is 32.1. The molecular formula is C7H12N2S. The first-order valence-electron chi connectivity index (χ1n) is 3.36. The third-order valence-corrected chi connectivity index (χ3v) is 1.81. The summed E-state index contributed by atoms with van der Waals surface area (Å²) in [4.78, 5) is 2.96. The second-order valence-corrected chi connectivity index (χ2v) is 3.01. The minimum atomic E-state index is 0.856. The van der Waals surface area contributed by atoms with Gasteiger partial charge in [0.15, 0.2) is 0 Å². The van der Waals surface area contributed by atoms with E-state index in [4.69, 9.17) is 12.2 Å². The molecule has 0 bridgehead atoms. The Morgan fingerprint density at radius 2 is 2.30 bits per heavy atom. The van der Waals surface area contributed by atoms with Gasteiger partial charge in [-0.3, -0.25) is 0 Å². The predicted molar refractivity (Wildman–Crippen MR) is 47.0 cm³/mol. The molecule has 0 aromatic rings. The van der Waals surface area contributed by atoms with Crippen LogP contribution in [0.15, 0.2) is 11.8 Å². The average Bonchev–Trinajstić information content (AvgIpc) is 1.88. The van der Waals surface area contributed by atoms with Gasteiger partial charge < -0.3 is 10.2 Å². The molecule has 1 aliphatic heterocycles. The van der Waals surface area contributed by atoms with Gasteiger partial charge in [-0.05, 0) is 6.08 Å². The number of hydrogen-bond donors (Lipinski definition) is 1. The normalized spacial score (nSPS) is 17.8. The third kappa shape index (κ3) is 1.70. The fourth-order valence-electron chi connectivity index (χ4n) is 0.941. The maximum atomic E-state index is 4.99. The molecule has 0 saturated heterocycles. The molecule has 2 nitrogen and oxygen atoms in total. The Morgan fingerprint density at radius 1 is 1.60 bits per heavy atom. The van der Waals surface area contributed by atoms with Gasteiger partial charge in [-0.2, -0.15) is 0 Å². The predicted octanol–water partition coefficient (Wildman–Crippen LogP) is 0.753. The zero-order valence-electron chi connectivity index (χ0n) is 6.35. The van der Waals surface area contributed by atoms with Crippen LogP contribution in [0.3, 0.4) is 0 Å². The average molecular weight is 156 g/mol. The molecule has 10 heavy (non-hydrogen) atoms. The van der Waals surface area contributed by atoms with Crippen molar-refractivity contribution in [3.63, 3.8) is 0 Å². The molecule has 1 heterocycles. The van der Waals surface area contributed by atoms with Crippen LogP contribution in [0.25, 0.3) is 0 Å². The molecule has 0 fully saturated rings. The zero-order chi connectivity index (χ0) is 7.56. The van der Waals surface area contributed by atoms with Crippen molar-refractivity contribution in [2.45, 2.75) is 6.42 Å². The number of nitrogens with one attached hydrogen (secondary N) is 1. The van der Waals surface area contributed by atoms with E-state index in [1.165, 1.54) is 5.70 Å². The lowest BCUT2D eigenvalue weighted by molar-refractivity contribution is 0.482. The molecule has 0 amide bonds. The first-order chi connectivity index (χ1) is 4.70. The molecule has 1 aliphatic rings. The molecule has 0 atom stereocenters. The summed E-state index contributed by atoms with van der Waals surface area (Å²) in [5.74, 6) is 0. The Kier molecular flexibility index (Phi) is 2.27. The van der Waals surface area contributed by atoms with Crippen molar-refractivity contribution in [3.8, 4) is 0 Å². The summed E-state index contributed by atoms with van der Waals surface area (Å²) in [7, 11) is 4.08. The van der Waals surface area contributed by atoms with Crippen molar-refractivity contribution in [1.29, 1.82) is 0 Å². The summed E-state index contributed by atoms with van der Waals surface area (Å²) >= 11 is 4.99. The van der Waals surface area contributed by atoms with Crippen molar-refractivity contribution >= 4 is 17.2 Å². The Balaban J connectivity index is 2.66. The topological polar surface area (TPSA) is 15.3 Å². The van der Waals surface area contributed by atoms with E-state index in [2.05, 4.69) is 10.2 Å². The number of thiocarbonyl (C=S) groups is 1. The van der Waals surface area contributed by atoms with E-state index in [1.807, 2.05) is 20.2 Å². The van der Waals surface area contributed by atoms with E-state index in [-0.39, 0.29) is 0 Å². The van der Waals surface area contributed by atoms with Crippen LogP contribution in [-0.2, 0) is 0 Å². The summed E-state index contributed by atoms with van der Waals surface area (Å²) in [5.41, 5.74) is 1.31. The van der Waals surface area contributed by atoms with Crippen LogP contribution < -0.4 is 5.32 Å². The van der Waals surface area contributed by atoms with E-state index < -0.39 is 0 Å². The second kappa shape index (κ2) is 3.01. The van der Waals surface area contributed by atoms with Gasteiger partial charge in [0.25, 0.3) is 0 Å². The maximum absolute atomic E-state index is 4.99. The van der Waals surface area contributed by atoms with Gasteiger partial charge in [0.2, 0.25) is 0 Å². The largest absolute Gasteiger partial charge is 0.381 e. The van der Waals surface area contributed by atoms with Crippen molar-refractivity contribution in [3.05, 3.63) is 11.8 Å². The molecule has 0 aromatic heterocycles. The van der Waals surface area contributed by atoms with Gasteiger partial charge in [0.05, 0.1) is 0 Å². The minimum absolute atomic E-state index is 0.856. The van der Waals surface area contributed by atoms with Gasteiger partial charge >= 0.3 is 0 Å². The van der Waals surface area contributed by atoms with Crippen molar-refractivity contribution in [1.82, 2.24) is 10.2 Å². The molecule has 1 N–H and O–H groups in total. The van der Waals surface area contributed by atoms with Crippen LogP contribution in [-0.4, -0.2) is 30.5 Å². The molecule has 3 heteroatoms. The molecule has 0 saturated carbocycles. The second-order valence-electron chi connectivity index (χ2n) is 2.57. The van der Waals surface area contributed by atoms with E-state index in [0.29, 0.717) is 0 Å². The van der Waals surface area contributed by atoms with Gasteiger partial charge in [0.1, 0.15) is 4.99 Å². The van der Waals surface area contributed by atoms with Gasteiger partial charge in [-0.1, -0.05) is 12.2 Å². The number of hydrogen-bond acceptors (Lipinski definition) is 2. The molecule has 56 valence electrons. The molecule has 0 radical (unpaired) electrons. The lowest BCUT2D eigenvalue weighted by Crippen LogP contribution is -2.29. The fraction of sp³-hybridized carbons (Fsp3) is 0.571. The van der Waals surface area contributed by atoms with E-state index in [9.17, 15) is 0 Å². The Hall–Kier alpha value is -0.570. The first-order valence-corrected chi connectivity index (χ1v) is 3.76. The molecular weight excluding hydrogens is 144 g/mol. The fourth-order valence-corrected chi connectivity index (χ4v) is 1.18. The molecule has 0 aromatic carbocycles. The Morgan fingerprint density at radius 3 is 2.70 bits per heavy atom. The summed E-state index contributed by atoms with van der Waals surface area (Å²) in [6.07, 6.45) is 3.09. The van der Waals surface area contributed by atoms with Crippen LogP contribution in [0.1, 0.15) is 6.42 Å². The highest BCUT2D eigenvalue weighted by Gasteiger charge is 2.06. The number of nitrogens with zero attached hydrogens (tertiary/aromatic N) is 1. The summed E-state index contributed by atoms with van der Waals surface area (Å²) in [5, 5.41) is 3.10. The van der Waals surface area contributed by atoms with E-state index in [0.717, 1.165) is 18.0 Å². The monoisotopic (exact) mass is 156 g/mol. The zero-order valence-corrected chi connectivity index (χ0v) is 7.16. The SMILES string of the molecule is CN(C)C1=CC(=S)NCC1. The van der Waals surface area contributed by atoms with E-state index in [1.54, 1.807) is 0 Å². The van der Waals surface area contributed by atoms with Gasteiger partial charge in [-0.15, -0.1) is 0 Å². The van der Waals surface area contributed by atoms with Crippen molar-refractivity contribution in [2.24, 2.45) is 0 Å². The standard InChI is InChI=1S/C7H12N2S/c1-9(2)6-3-4-8-7(10)5-6/h5H,3-4H2,1-2H3,(H,8,10). The van der Waals surface area contributed by atoms with Crippen molar-refractivity contribution in [2.75, 3.05) is 20.6 Å². The lowest BCUT2D eigenvalue weighted by atomic mass is 10.2. The van der Waals surface area contributed by atoms with E-state index >= 15 is 0 Å². The van der Waals surface area contributed by atoms with Crippen LogP contribution >= 0.6 is 12.2 Å². The van der Waals surface area contributed by atoms with Gasteiger partial charge in [-0.25, -0.2) is 0 Å². The molecule has 0 spiro atoms. The quantitative estimate of drug-likeness (QED) is 0.564. The Bertz CT molecular complexity index is 172. The Labute approximate surface area is 66.9 Å². The van der Waals surface area contributed by atoms with Crippen LogP contribution in [0.5, 0.6) is 0 Å². The van der Waals surface area contributed by atoms with Gasteiger partial charge in [0, 0.05) is 32.8 Å². The highest BCUT2D eigenvalue weighted by Crippen LogP contribution is 2.07. The summed E-state index contributed by atoms with van der Waals surface area (Å²) < 4.78 is 0. The van der Waals surface area contributed by atoms with Crippen LogP contribution in [0.2, 0.25) is 0 Å². The minimum Gasteiger partial charge on any atom is -0.381 e. The van der Waals surface area contributed by atoms with Crippen LogP contribution in [0, 0.1) is 0 Å². The molecule has 0 aliphatic carbocycles. The van der Waals surface area contributed by atoms with Crippen molar-refractivity contribution < 1.29 is 0 Å². The maximum Gasteiger partial charge on any atom is 0.101 e. The molecule has 1 rings (SSSR count). The first kappa shape index (κ1) is 7.54. The highest BCUT2D eigenvalue weighted by molar-refractivity contribution is 7.80. The third-order valence-electron chi connectivity index (χ3n) is 1.55. The number of rotatable bonds is 1. The summed E-state index contributed by atoms with van der Waals surface area (Å²) in [6, 6.07) is 0. The van der Waals surface area contributed by atoms with Crippen LogP contribution in [0.4, 0.5) is 0 Å². The summed E-state index contributed by atoms with van der Waals surface area (Å²) in [6.45, 7) is 0.975.